The Balaban J connectivity index is 3.32. The van der Waals surface area contributed by atoms with Gasteiger partial charge in [-0.1, -0.05) is 12.6 Å². The van der Waals surface area contributed by atoms with Gasteiger partial charge in [0.05, 0.1) is 22.2 Å². The summed E-state index contributed by atoms with van der Waals surface area (Å²) in [6.45, 7) is 3.84. The van der Waals surface area contributed by atoms with Gasteiger partial charge in [-0.05, 0) is 37.1 Å². The van der Waals surface area contributed by atoms with Crippen LogP contribution in [-0.2, 0) is 19.3 Å². The second kappa shape index (κ2) is 10.3. The molecule has 1 unspecified atom stereocenters. The van der Waals surface area contributed by atoms with E-state index in [4.69, 9.17) is 21.0 Å². The first-order valence-electron chi connectivity index (χ1n) is 8.79. The number of carbonyl (C=O) groups excluding carboxylic acids is 1. The Morgan fingerprint density at radius 2 is 1.94 bits per heavy atom. The number of allylic oxidation sites excluding steroid dienone is 2. The van der Waals surface area contributed by atoms with Crippen molar-refractivity contribution in [3.63, 3.8) is 0 Å². The molecule has 0 aliphatic rings. The molecular weight excluding hydrogens is 440 g/mol. The maximum absolute atomic E-state index is 13.1. The van der Waals surface area contributed by atoms with Crippen LogP contribution in [0.5, 0.6) is 0 Å². The topological polar surface area (TPSA) is 131 Å². The zero-order chi connectivity index (χ0) is 24.0. The molecule has 1 amide bonds. The number of hydrogen-bond donors (Lipinski definition) is 4. The fraction of sp³-hybridized carbons (Fsp3) is 0.316. The highest BCUT2D eigenvalue weighted by molar-refractivity contribution is 7.91. The van der Waals surface area contributed by atoms with E-state index >= 15 is 0 Å². The number of carbonyl (C=O) groups is 1. The summed E-state index contributed by atoms with van der Waals surface area (Å²) < 4.78 is 76.5. The summed E-state index contributed by atoms with van der Waals surface area (Å²) in [6.07, 6.45) is -3.68. The van der Waals surface area contributed by atoms with Gasteiger partial charge in [-0.3, -0.25) is 4.79 Å². The molecule has 172 valence electrons. The van der Waals surface area contributed by atoms with Gasteiger partial charge in [-0.15, -0.1) is 0 Å². The number of nitrogens with one attached hydrogen (secondary N) is 2. The van der Waals surface area contributed by atoms with Gasteiger partial charge >= 0.3 is 6.18 Å². The molecule has 7 nitrogen and oxygen atoms in total. The molecule has 1 aromatic carbocycles. The average Bonchev–Trinajstić information content (AvgIpc) is 2.63. The molecule has 0 saturated carbocycles. The Morgan fingerprint density at radius 1 is 1.32 bits per heavy atom. The molecule has 0 aliphatic carbocycles. The number of nitrogens with two attached hydrogens (primary N) is 2. The van der Waals surface area contributed by atoms with E-state index < -0.39 is 50.4 Å². The van der Waals surface area contributed by atoms with Crippen LogP contribution in [0.4, 0.5) is 23.2 Å². The Hall–Kier alpha value is -3.02. The Kier molecular flexibility index (Phi) is 8.67. The summed E-state index contributed by atoms with van der Waals surface area (Å²) in [5.74, 6) is -2.31. The van der Waals surface area contributed by atoms with Crippen LogP contribution in [0.1, 0.15) is 19.8 Å². The lowest BCUT2D eigenvalue weighted by molar-refractivity contribution is -0.113. The number of alkyl halides is 3. The van der Waals surface area contributed by atoms with Crippen molar-refractivity contribution in [1.29, 1.82) is 4.78 Å². The highest BCUT2D eigenvalue weighted by Gasteiger charge is 2.35. The first-order valence-corrected chi connectivity index (χ1v) is 10.8. The Bertz CT molecular complexity index is 1020. The van der Waals surface area contributed by atoms with Gasteiger partial charge in [0.15, 0.2) is 5.88 Å². The molecule has 31 heavy (non-hydrogen) atoms. The maximum Gasteiger partial charge on any atom is 0.431 e. The molecule has 0 radical (unpaired) electrons. The van der Waals surface area contributed by atoms with Crippen LogP contribution < -0.4 is 16.8 Å². The van der Waals surface area contributed by atoms with Gasteiger partial charge in [0.25, 0.3) is 5.91 Å². The summed E-state index contributed by atoms with van der Waals surface area (Å²) in [5, 5.41) is 2.33. The molecule has 0 aromatic heterocycles. The van der Waals surface area contributed by atoms with E-state index in [0.29, 0.717) is 0 Å². The summed E-state index contributed by atoms with van der Waals surface area (Å²) in [4.78, 5) is 12.9. The Morgan fingerprint density at radius 3 is 2.45 bits per heavy atom. The van der Waals surface area contributed by atoms with Crippen molar-refractivity contribution in [2.24, 2.45) is 11.5 Å². The van der Waals surface area contributed by atoms with Crippen molar-refractivity contribution in [3.8, 4) is 0 Å². The first kappa shape index (κ1) is 26.0. The summed E-state index contributed by atoms with van der Waals surface area (Å²) in [5.41, 5.74) is 8.05. The van der Waals surface area contributed by atoms with Crippen molar-refractivity contribution >= 4 is 21.3 Å². The van der Waals surface area contributed by atoms with E-state index in [-0.39, 0.29) is 30.0 Å². The van der Waals surface area contributed by atoms with Crippen LogP contribution in [-0.4, -0.2) is 29.2 Å². The minimum absolute atomic E-state index is 0.0511. The third-order valence-electron chi connectivity index (χ3n) is 3.95. The number of rotatable bonds is 9. The van der Waals surface area contributed by atoms with Crippen molar-refractivity contribution < 1.29 is 31.3 Å². The minimum atomic E-state index is -4.93. The van der Waals surface area contributed by atoms with Crippen molar-refractivity contribution in [2.75, 3.05) is 18.2 Å². The predicted octanol–water partition coefficient (Wildman–Crippen LogP) is 3.91. The highest BCUT2D eigenvalue weighted by Crippen LogP contribution is 2.29. The molecular formula is C19H24F4N4O3S. The van der Waals surface area contributed by atoms with Crippen LogP contribution in [0.25, 0.3) is 0 Å². The molecule has 1 aromatic rings. The van der Waals surface area contributed by atoms with Crippen molar-refractivity contribution in [1.82, 2.24) is 0 Å². The number of hydrogen-bond acceptors (Lipinski definition) is 6. The zero-order valence-electron chi connectivity index (χ0n) is 16.9. The lowest BCUT2D eigenvalue weighted by Gasteiger charge is -2.17. The van der Waals surface area contributed by atoms with Gasteiger partial charge in [-0.25, -0.2) is 13.4 Å². The molecule has 0 spiro atoms. The summed E-state index contributed by atoms with van der Waals surface area (Å²) in [6, 6.07) is 5.47. The smallest absolute Gasteiger partial charge is 0.431 e. The van der Waals surface area contributed by atoms with E-state index in [1.54, 1.807) is 0 Å². The van der Waals surface area contributed by atoms with Crippen molar-refractivity contribution in [2.45, 2.75) is 30.8 Å². The summed E-state index contributed by atoms with van der Waals surface area (Å²) >= 11 is 0. The van der Waals surface area contributed by atoms with E-state index in [9.17, 15) is 26.6 Å². The van der Waals surface area contributed by atoms with E-state index in [0.717, 1.165) is 6.92 Å². The third-order valence-corrected chi connectivity index (χ3v) is 5.10. The molecule has 12 heteroatoms. The molecule has 0 bridgehead atoms. The van der Waals surface area contributed by atoms with Crippen LogP contribution in [0.2, 0.25) is 0 Å². The Labute approximate surface area is 177 Å². The van der Waals surface area contributed by atoms with Crippen LogP contribution >= 0.6 is 0 Å². The van der Waals surface area contributed by atoms with Gasteiger partial charge in [-0.2, -0.15) is 13.2 Å². The van der Waals surface area contributed by atoms with Crippen molar-refractivity contribution in [3.05, 3.63) is 59.4 Å². The normalized spacial score (nSPS) is 15.3. The van der Waals surface area contributed by atoms with E-state index in [1.807, 2.05) is 0 Å². The molecule has 0 fully saturated rings. The fourth-order valence-corrected chi connectivity index (χ4v) is 3.03. The molecule has 0 heterocycles. The van der Waals surface area contributed by atoms with Gasteiger partial charge < -0.3 is 21.5 Å². The number of anilines is 1. The SMILES string of the molecule is C=C(F)CCCO/C(N)=C(C(=O)Nc1cccc(S(C)(=N)=O)c1)/C(C)=C(\N)C(F)(F)F. The number of amides is 1. The molecule has 0 saturated heterocycles. The maximum atomic E-state index is 13.1. The molecule has 6 N–H and O–H groups in total. The monoisotopic (exact) mass is 464 g/mol. The lowest BCUT2D eigenvalue weighted by Crippen LogP contribution is -2.27. The van der Waals surface area contributed by atoms with Gasteiger partial charge in [0.1, 0.15) is 11.3 Å². The van der Waals surface area contributed by atoms with E-state index in [2.05, 4.69) is 11.9 Å². The minimum Gasteiger partial charge on any atom is -0.479 e. The second-order valence-corrected chi connectivity index (χ2v) is 8.73. The number of halogens is 4. The lowest BCUT2D eigenvalue weighted by atomic mass is 10.0. The van der Waals surface area contributed by atoms with E-state index in [1.165, 1.54) is 30.5 Å². The number of benzene rings is 1. The highest BCUT2D eigenvalue weighted by atomic mass is 32.2. The zero-order valence-corrected chi connectivity index (χ0v) is 17.8. The predicted molar refractivity (Wildman–Crippen MR) is 110 cm³/mol. The van der Waals surface area contributed by atoms with Gasteiger partial charge in [0.2, 0.25) is 0 Å². The molecule has 1 rings (SSSR count). The van der Waals surface area contributed by atoms with Gasteiger partial charge in [0, 0.05) is 23.3 Å². The summed E-state index contributed by atoms with van der Waals surface area (Å²) in [7, 11) is -3.10. The second-order valence-electron chi connectivity index (χ2n) is 6.57. The van der Waals surface area contributed by atoms with Crippen LogP contribution in [0.15, 0.2) is 64.3 Å². The number of ether oxygens (including phenoxy) is 1. The largest absolute Gasteiger partial charge is 0.479 e. The van der Waals surface area contributed by atoms with Crippen LogP contribution in [0, 0.1) is 4.78 Å². The first-order chi connectivity index (χ1) is 14.1. The van der Waals surface area contributed by atoms with Crippen LogP contribution in [0.3, 0.4) is 0 Å². The fourth-order valence-electron chi connectivity index (χ4n) is 2.34. The average molecular weight is 464 g/mol. The molecule has 0 aliphatic heterocycles. The molecule has 1 atom stereocenters. The standard InChI is InChI=1S/C19H24F4N4O3S/c1-11(20)6-5-9-30-17(25)15(12(2)16(24)19(21,22)23)18(28)27-13-7-4-8-14(10-13)31(3,26)29/h4,7-8,10,26H,1,5-6,9,24-25H2,2-3H3,(H,27,28)/b16-12-,17-15-. The third kappa shape index (κ3) is 7.96. The quantitative estimate of drug-likeness (QED) is 0.145.